The maximum Gasteiger partial charge on any atom is 0.271 e. The first-order chi connectivity index (χ1) is 11.2. The second-order valence-electron chi connectivity index (χ2n) is 6.41. The van der Waals surface area contributed by atoms with Crippen LogP contribution in [0, 0.1) is 18.7 Å². The molecule has 0 spiro atoms. The highest BCUT2D eigenvalue weighted by Gasteiger charge is 2.28. The summed E-state index contributed by atoms with van der Waals surface area (Å²) in [5.74, 6) is -0.667. The first-order valence-corrected chi connectivity index (χ1v) is 8.07. The Kier molecular flexibility index (Phi) is 5.39. The van der Waals surface area contributed by atoms with Crippen molar-refractivity contribution in [3.05, 3.63) is 47.5 Å². The summed E-state index contributed by atoms with van der Waals surface area (Å²) in [7, 11) is 0. The summed E-state index contributed by atoms with van der Waals surface area (Å²) in [6, 6.07) is 7.66. The number of amides is 1. The predicted molar refractivity (Wildman–Crippen MR) is 90.7 cm³/mol. The Morgan fingerprint density at radius 1 is 1.46 bits per heavy atom. The molecule has 5 nitrogen and oxygen atoms in total. The Labute approximate surface area is 141 Å². The molecule has 0 radical (unpaired) electrons. The predicted octanol–water partition coefficient (Wildman–Crippen LogP) is 2.85. The fourth-order valence-electron chi connectivity index (χ4n) is 2.42. The fraction of sp³-hybridized carbons (Fsp3) is 0.444. The van der Waals surface area contributed by atoms with Crippen LogP contribution in [0.25, 0.3) is 5.69 Å². The lowest BCUT2D eigenvalue weighted by Gasteiger charge is -2.29. The van der Waals surface area contributed by atoms with Gasteiger partial charge in [-0.05, 0) is 44.0 Å². The molecular weight excluding hydrogens is 309 g/mol. The molecule has 0 bridgehead atoms. The summed E-state index contributed by atoms with van der Waals surface area (Å²) >= 11 is 0. The quantitative estimate of drug-likeness (QED) is 0.854. The second-order valence-corrected chi connectivity index (χ2v) is 6.41. The maximum absolute atomic E-state index is 13.4. The van der Waals surface area contributed by atoms with Crippen molar-refractivity contribution in [1.82, 2.24) is 15.1 Å². The summed E-state index contributed by atoms with van der Waals surface area (Å²) in [6.07, 6.45) is 0.816. The second kappa shape index (κ2) is 7.13. The Balaban J connectivity index is 2.13. The van der Waals surface area contributed by atoms with E-state index in [0.29, 0.717) is 5.69 Å². The number of hydrogen-bond donors (Lipinski definition) is 2. The lowest BCUT2D eigenvalue weighted by atomic mass is 9.88. The van der Waals surface area contributed by atoms with Gasteiger partial charge in [-0.2, -0.15) is 5.10 Å². The molecule has 24 heavy (non-hydrogen) atoms. The number of carbonyl (C=O) groups excluding carboxylic acids is 1. The van der Waals surface area contributed by atoms with Crippen molar-refractivity contribution in [2.45, 2.75) is 39.7 Å². The molecule has 0 aliphatic heterocycles. The van der Waals surface area contributed by atoms with E-state index in [1.54, 1.807) is 32.0 Å². The molecule has 1 amide bonds. The van der Waals surface area contributed by atoms with Gasteiger partial charge in [0.15, 0.2) is 5.69 Å². The maximum atomic E-state index is 13.4. The van der Waals surface area contributed by atoms with Crippen LogP contribution in [0.5, 0.6) is 0 Å². The van der Waals surface area contributed by atoms with E-state index in [-0.39, 0.29) is 29.9 Å². The molecular formula is C18H24FN3O2. The fourth-order valence-corrected chi connectivity index (χ4v) is 2.42. The summed E-state index contributed by atoms with van der Waals surface area (Å²) in [4.78, 5) is 12.3. The van der Waals surface area contributed by atoms with Crippen molar-refractivity contribution in [2.24, 2.45) is 5.92 Å². The van der Waals surface area contributed by atoms with E-state index in [0.717, 1.165) is 12.1 Å². The number of nitrogens with zero attached hydrogens (tertiary/aromatic N) is 2. The number of carbonyl (C=O) groups is 1. The van der Waals surface area contributed by atoms with Gasteiger partial charge in [0, 0.05) is 12.2 Å². The molecule has 2 aromatic rings. The number of nitrogens with one attached hydrogen (secondary N) is 1. The molecule has 0 aliphatic carbocycles. The lowest BCUT2D eigenvalue weighted by molar-refractivity contribution is 0.00587. The molecule has 1 aromatic heterocycles. The Bertz CT molecular complexity index is 725. The average Bonchev–Trinajstić information content (AvgIpc) is 2.93. The van der Waals surface area contributed by atoms with Gasteiger partial charge in [-0.3, -0.25) is 4.79 Å². The van der Waals surface area contributed by atoms with Gasteiger partial charge in [0.05, 0.1) is 11.3 Å². The van der Waals surface area contributed by atoms with E-state index >= 15 is 0 Å². The van der Waals surface area contributed by atoms with Gasteiger partial charge < -0.3 is 10.4 Å². The van der Waals surface area contributed by atoms with Gasteiger partial charge in [-0.15, -0.1) is 0 Å². The molecule has 2 N–H and O–H groups in total. The highest BCUT2D eigenvalue weighted by Crippen LogP contribution is 2.19. The number of aryl methyl sites for hydroxylation is 1. The third-order valence-corrected chi connectivity index (χ3v) is 4.45. The summed E-state index contributed by atoms with van der Waals surface area (Å²) in [6.45, 7) is 7.58. The van der Waals surface area contributed by atoms with Crippen LogP contribution in [0.4, 0.5) is 4.39 Å². The SMILES string of the molecule is CCC(C)C(C)(O)CNC(=O)c1cc(C)n(-c2cccc(F)c2)n1. The average molecular weight is 333 g/mol. The minimum Gasteiger partial charge on any atom is -0.388 e. The topological polar surface area (TPSA) is 67.2 Å². The smallest absolute Gasteiger partial charge is 0.271 e. The summed E-state index contributed by atoms with van der Waals surface area (Å²) < 4.78 is 14.9. The molecule has 0 saturated heterocycles. The Hall–Kier alpha value is -2.21. The van der Waals surface area contributed by atoms with Crippen molar-refractivity contribution in [2.75, 3.05) is 6.54 Å². The van der Waals surface area contributed by atoms with Gasteiger partial charge in [0.1, 0.15) is 5.82 Å². The first kappa shape index (κ1) is 18.1. The van der Waals surface area contributed by atoms with Crippen LogP contribution in [0.1, 0.15) is 43.4 Å². The van der Waals surface area contributed by atoms with Crippen molar-refractivity contribution >= 4 is 5.91 Å². The number of benzene rings is 1. The minimum atomic E-state index is -0.982. The van der Waals surface area contributed by atoms with Gasteiger partial charge in [0.2, 0.25) is 0 Å². The molecule has 1 aromatic carbocycles. The monoisotopic (exact) mass is 333 g/mol. The molecule has 2 atom stereocenters. The zero-order chi connectivity index (χ0) is 17.9. The minimum absolute atomic E-state index is 0.0596. The van der Waals surface area contributed by atoms with E-state index in [1.165, 1.54) is 16.8 Å². The van der Waals surface area contributed by atoms with Crippen molar-refractivity contribution in [3.8, 4) is 5.69 Å². The van der Waals surface area contributed by atoms with Crippen LogP contribution in [0.2, 0.25) is 0 Å². The molecule has 6 heteroatoms. The molecule has 2 rings (SSSR count). The zero-order valence-electron chi connectivity index (χ0n) is 14.5. The Morgan fingerprint density at radius 3 is 2.79 bits per heavy atom. The van der Waals surface area contributed by atoms with Crippen LogP contribution in [-0.2, 0) is 0 Å². The van der Waals surface area contributed by atoms with E-state index in [2.05, 4.69) is 10.4 Å². The molecule has 0 saturated carbocycles. The van der Waals surface area contributed by atoms with E-state index in [1.807, 2.05) is 13.8 Å². The molecule has 130 valence electrons. The Morgan fingerprint density at radius 2 is 2.17 bits per heavy atom. The lowest BCUT2D eigenvalue weighted by Crippen LogP contribution is -2.45. The third kappa shape index (κ3) is 4.00. The first-order valence-electron chi connectivity index (χ1n) is 8.07. The standard InChI is InChI=1S/C18H24FN3O2/c1-5-12(2)18(4,24)11-20-17(23)16-9-13(3)22(21-16)15-8-6-7-14(19)10-15/h6-10,12,24H,5,11H2,1-4H3,(H,20,23). The van der Waals surface area contributed by atoms with Gasteiger partial charge in [0.25, 0.3) is 5.91 Å². The van der Waals surface area contributed by atoms with Crippen LogP contribution in [0.15, 0.2) is 30.3 Å². The highest BCUT2D eigenvalue weighted by molar-refractivity contribution is 5.92. The number of hydrogen-bond acceptors (Lipinski definition) is 3. The van der Waals surface area contributed by atoms with Gasteiger partial charge in [-0.25, -0.2) is 9.07 Å². The summed E-state index contributed by atoms with van der Waals surface area (Å²) in [5.41, 5.74) is 0.527. The number of aliphatic hydroxyl groups is 1. The number of rotatable bonds is 6. The normalized spacial score (nSPS) is 14.9. The van der Waals surface area contributed by atoms with E-state index in [9.17, 15) is 14.3 Å². The summed E-state index contributed by atoms with van der Waals surface area (Å²) in [5, 5.41) is 17.3. The highest BCUT2D eigenvalue weighted by atomic mass is 19.1. The van der Waals surface area contributed by atoms with E-state index in [4.69, 9.17) is 0 Å². The van der Waals surface area contributed by atoms with Gasteiger partial charge in [-0.1, -0.05) is 26.3 Å². The van der Waals surface area contributed by atoms with Crippen LogP contribution < -0.4 is 5.32 Å². The van der Waals surface area contributed by atoms with Gasteiger partial charge >= 0.3 is 0 Å². The number of halogens is 1. The zero-order valence-corrected chi connectivity index (χ0v) is 14.5. The molecule has 0 fully saturated rings. The largest absolute Gasteiger partial charge is 0.388 e. The third-order valence-electron chi connectivity index (χ3n) is 4.45. The molecule has 2 unspecified atom stereocenters. The van der Waals surface area contributed by atoms with Crippen molar-refractivity contribution in [3.63, 3.8) is 0 Å². The van der Waals surface area contributed by atoms with Crippen LogP contribution >= 0.6 is 0 Å². The van der Waals surface area contributed by atoms with E-state index < -0.39 is 5.60 Å². The van der Waals surface area contributed by atoms with Crippen LogP contribution in [-0.4, -0.2) is 32.9 Å². The van der Waals surface area contributed by atoms with Crippen molar-refractivity contribution in [1.29, 1.82) is 0 Å². The van der Waals surface area contributed by atoms with Crippen molar-refractivity contribution < 1.29 is 14.3 Å². The molecule has 1 heterocycles. The number of aromatic nitrogens is 2. The molecule has 0 aliphatic rings. The van der Waals surface area contributed by atoms with Crippen LogP contribution in [0.3, 0.4) is 0 Å².